The largest absolute Gasteiger partial charge is 0.477 e. The number of carboxylic acid groups (broad SMARTS) is 1. The van der Waals surface area contributed by atoms with E-state index < -0.39 is 29.2 Å². The number of hydrazone groups is 1. The number of nitrogen functional groups attached to an aromatic ring is 1. The summed E-state index contributed by atoms with van der Waals surface area (Å²) in [5, 5.41) is 21.7. The van der Waals surface area contributed by atoms with Crippen molar-refractivity contribution >= 4 is 63.9 Å². The molecule has 2 amide bonds. The highest BCUT2D eigenvalue weighted by atomic mass is 32.2. The first-order valence-corrected chi connectivity index (χ1v) is 14.2. The Bertz CT molecular complexity index is 1500. The average Bonchev–Trinajstić information content (AvgIpc) is 3.76. The molecule has 212 valence electrons. The van der Waals surface area contributed by atoms with Crippen molar-refractivity contribution in [3.8, 4) is 0 Å². The summed E-state index contributed by atoms with van der Waals surface area (Å²) in [6, 6.07) is 2.68. The molecule has 41 heavy (non-hydrogen) atoms. The molecule has 2 aromatic rings. The van der Waals surface area contributed by atoms with Crippen LogP contribution in [0.5, 0.6) is 0 Å². The number of oxime groups is 1. The number of nitrogens with one attached hydrogen (secondary N) is 3. The third-order valence-corrected chi connectivity index (χ3v) is 8.45. The van der Waals surface area contributed by atoms with Gasteiger partial charge in [-0.2, -0.15) is 20.0 Å². The summed E-state index contributed by atoms with van der Waals surface area (Å²) in [7, 11) is 0. The number of hydrogen-bond donors (Lipinski definition) is 5. The van der Waals surface area contributed by atoms with Crippen molar-refractivity contribution in [2.75, 3.05) is 16.6 Å². The molecule has 3 aliphatic heterocycles. The zero-order chi connectivity index (χ0) is 28.5. The molecule has 0 radical (unpaired) electrons. The van der Waals surface area contributed by atoms with Gasteiger partial charge in [-0.1, -0.05) is 11.2 Å². The highest BCUT2D eigenvalue weighted by Crippen LogP contribution is 2.40. The molecule has 6 rings (SSSR count). The number of nitrogens with zero attached hydrogens (tertiary/aromatic N) is 7. The molecule has 1 fully saturated rings. The maximum atomic E-state index is 13.2. The monoisotopic (exact) mass is 598 g/mol. The molecule has 6 N–H and O–H groups in total. The summed E-state index contributed by atoms with van der Waals surface area (Å²) < 4.78 is 5.88. The molecule has 2 unspecified atom stereocenters. The Hall–Kier alpha value is -4.71. The predicted molar refractivity (Wildman–Crippen MR) is 148 cm³/mol. The van der Waals surface area contributed by atoms with Gasteiger partial charge in [-0.3, -0.25) is 19.9 Å². The topological polar surface area (TPSA) is 204 Å². The Balaban J connectivity index is 1.16. The van der Waals surface area contributed by atoms with Crippen molar-refractivity contribution < 1.29 is 28.9 Å². The van der Waals surface area contributed by atoms with E-state index in [1.54, 1.807) is 17.5 Å². The molecule has 5 heterocycles. The van der Waals surface area contributed by atoms with E-state index >= 15 is 0 Å². The fourth-order valence-corrected chi connectivity index (χ4v) is 6.37. The lowest BCUT2D eigenvalue weighted by atomic mass is 10.0. The van der Waals surface area contributed by atoms with E-state index in [0.717, 1.165) is 30.1 Å². The van der Waals surface area contributed by atoms with Gasteiger partial charge in [-0.05, 0) is 18.9 Å². The second kappa shape index (κ2) is 11.0. The molecule has 1 aliphatic carbocycles. The maximum absolute atomic E-state index is 13.2. The van der Waals surface area contributed by atoms with Gasteiger partial charge in [0.2, 0.25) is 11.5 Å². The number of fused-ring (bicyclic) bond motifs is 1. The van der Waals surface area contributed by atoms with E-state index in [1.807, 2.05) is 28.9 Å². The summed E-state index contributed by atoms with van der Waals surface area (Å²) >= 11 is 2.26. The quantitative estimate of drug-likeness (QED) is 0.0780. The standard InChI is InChI=1S/C23H23N11O5S2/c24-23-28-18(30-41-23)15(29-39-14-3-1-2-4-14)19(35)27-16-20(36)33-17(22(37)38)12(10-40-21(16)33)9-32-7-5-13(6-8-32)34-26-11-25-31-34/h1,3,5-8,11,14,16,21H,2,4,9-10H2,(H5-,24,25,26,27,28,29,30,31,35,37,38)/p+1/t14?,16?,21-/m0/s1. The lowest BCUT2D eigenvalue weighted by Crippen LogP contribution is -2.71. The van der Waals surface area contributed by atoms with Crippen LogP contribution in [0.15, 0.2) is 58.2 Å². The molecule has 0 saturated carbocycles. The van der Waals surface area contributed by atoms with Crippen molar-refractivity contribution in [3.63, 3.8) is 0 Å². The Morgan fingerprint density at radius 2 is 2.17 bits per heavy atom. The second-order valence-corrected chi connectivity index (χ2v) is 11.1. The first-order valence-electron chi connectivity index (χ1n) is 12.4. The van der Waals surface area contributed by atoms with Crippen LogP contribution in [0.1, 0.15) is 18.7 Å². The van der Waals surface area contributed by atoms with Crippen LogP contribution >= 0.6 is 23.3 Å². The number of anilines is 2. The van der Waals surface area contributed by atoms with Gasteiger partial charge in [-0.25, -0.2) is 9.36 Å². The Morgan fingerprint density at radius 3 is 2.83 bits per heavy atom. The van der Waals surface area contributed by atoms with Gasteiger partial charge in [0.1, 0.15) is 29.6 Å². The number of hydrogen-bond acceptors (Lipinski definition) is 14. The first-order chi connectivity index (χ1) is 19.9. The minimum Gasteiger partial charge on any atom is -0.477 e. The van der Waals surface area contributed by atoms with Crippen LogP contribution in [0.4, 0.5) is 10.8 Å². The van der Waals surface area contributed by atoms with Crippen molar-refractivity contribution in [1.29, 1.82) is 0 Å². The number of nitrogens with two attached hydrogens (primary N) is 1. The first kappa shape index (κ1) is 26.5. The van der Waals surface area contributed by atoms with Crippen LogP contribution in [-0.4, -0.2) is 72.5 Å². The third-order valence-electron chi connectivity index (χ3n) is 6.57. The number of aliphatic carboxylic acids is 1. The number of rotatable bonds is 9. The number of carboxylic acids is 1. The van der Waals surface area contributed by atoms with E-state index in [9.17, 15) is 19.5 Å². The van der Waals surface area contributed by atoms with E-state index in [-0.39, 0.29) is 35.0 Å². The normalized spacial score (nSPS) is 23.2. The molecule has 0 bridgehead atoms. The molecule has 0 aromatic carbocycles. The number of carbonyl (C=O) groups excluding carboxylic acids is 2. The van der Waals surface area contributed by atoms with Crippen molar-refractivity contribution in [3.05, 3.63) is 53.8 Å². The average molecular weight is 599 g/mol. The Morgan fingerprint density at radius 1 is 1.34 bits per heavy atom. The number of thioether (sulfide) groups is 1. The van der Waals surface area contributed by atoms with E-state index in [2.05, 4.69) is 35.9 Å². The van der Waals surface area contributed by atoms with Crippen molar-refractivity contribution in [2.45, 2.75) is 36.9 Å². The molecule has 4 aliphatic rings. The molecular formula is C23H24N11O5S2+. The Labute approximate surface area is 240 Å². The van der Waals surface area contributed by atoms with Gasteiger partial charge in [0.15, 0.2) is 24.1 Å². The smallest absolute Gasteiger partial charge is 0.352 e. The van der Waals surface area contributed by atoms with Crippen LogP contribution in [-0.2, 0) is 25.8 Å². The molecule has 2 aromatic heterocycles. The summed E-state index contributed by atoms with van der Waals surface area (Å²) in [6.45, 7) is 0.264. The fourth-order valence-electron chi connectivity index (χ4n) is 4.60. The van der Waals surface area contributed by atoms with Crippen LogP contribution in [0, 0.1) is 0 Å². The van der Waals surface area contributed by atoms with Gasteiger partial charge in [0.05, 0.1) is 5.69 Å². The predicted octanol–water partition coefficient (Wildman–Crippen LogP) is -0.942. The molecule has 16 nitrogen and oxygen atoms in total. The highest BCUT2D eigenvalue weighted by molar-refractivity contribution is 8.00. The Kier molecular flexibility index (Phi) is 7.14. The molecule has 18 heteroatoms. The van der Waals surface area contributed by atoms with Crippen molar-refractivity contribution in [1.82, 2.24) is 30.5 Å². The zero-order valence-electron chi connectivity index (χ0n) is 21.2. The minimum atomic E-state index is -1.22. The summed E-state index contributed by atoms with van der Waals surface area (Å²) in [5.41, 5.74) is 12.4. The van der Waals surface area contributed by atoms with Gasteiger partial charge < -0.3 is 21.0 Å². The molecule has 3 atom stereocenters. The number of β-lactam (4-membered cyclic amide) rings is 1. The fraction of sp³-hybridized carbons (Fsp3) is 0.304. The molecular weight excluding hydrogens is 574 g/mol. The van der Waals surface area contributed by atoms with Crippen LogP contribution in [0.2, 0.25) is 0 Å². The van der Waals surface area contributed by atoms with Crippen molar-refractivity contribution in [2.24, 2.45) is 10.3 Å². The van der Waals surface area contributed by atoms with Crippen LogP contribution in [0.25, 0.3) is 0 Å². The number of carbonyl (C=O) groups is 3. The minimum absolute atomic E-state index is 0.0211. The number of pyridine rings is 1. The van der Waals surface area contributed by atoms with Gasteiger partial charge >= 0.3 is 5.97 Å². The van der Waals surface area contributed by atoms with E-state index in [1.165, 1.54) is 23.0 Å². The van der Waals surface area contributed by atoms with Crippen LogP contribution < -0.4 is 31.7 Å². The third kappa shape index (κ3) is 5.25. The zero-order valence-corrected chi connectivity index (χ0v) is 22.8. The second-order valence-electron chi connectivity index (χ2n) is 9.22. The SMILES string of the molecule is Nc1nc(C(=NOC2C=CCC2)C(=O)NC2C(=O)N3C(C(=O)O)=C(C[n+]4ccc(N5NC=NN5)cc4)CS[C@@H]23)ns1. The van der Waals surface area contributed by atoms with Gasteiger partial charge in [0.25, 0.3) is 11.8 Å². The van der Waals surface area contributed by atoms with E-state index in [4.69, 9.17) is 10.6 Å². The van der Waals surface area contributed by atoms with Gasteiger partial charge in [-0.15, -0.1) is 16.9 Å². The number of amides is 2. The van der Waals surface area contributed by atoms with Gasteiger partial charge in [0, 0.05) is 35.0 Å². The number of aromatic nitrogens is 3. The molecule has 1 saturated heterocycles. The maximum Gasteiger partial charge on any atom is 0.352 e. The molecule has 0 spiro atoms. The lowest BCUT2D eigenvalue weighted by molar-refractivity contribution is -0.689. The number of hydrazine groups is 2. The highest BCUT2D eigenvalue weighted by Gasteiger charge is 2.55. The summed E-state index contributed by atoms with van der Waals surface area (Å²) in [5.74, 6) is -2.15. The summed E-state index contributed by atoms with van der Waals surface area (Å²) in [6.07, 6.45) is 10.2. The van der Waals surface area contributed by atoms with E-state index in [0.29, 0.717) is 11.3 Å². The number of allylic oxidation sites excluding steroid dienone is 1. The lowest BCUT2D eigenvalue weighted by Gasteiger charge is -2.49. The summed E-state index contributed by atoms with van der Waals surface area (Å²) in [4.78, 5) is 49.5. The van der Waals surface area contributed by atoms with Crippen LogP contribution in [0.3, 0.4) is 0 Å².